The van der Waals surface area contributed by atoms with Crippen molar-refractivity contribution in [3.8, 4) is 69.0 Å². The molecule has 3 saturated heterocycles. The van der Waals surface area contributed by atoms with Crippen molar-refractivity contribution in [2.45, 2.75) is 98.4 Å². The minimum atomic E-state index is -4.85. The fourth-order valence-corrected chi connectivity index (χ4v) is 20.1. The van der Waals surface area contributed by atoms with E-state index in [0.717, 1.165) is 72.9 Å². The van der Waals surface area contributed by atoms with Crippen molar-refractivity contribution in [2.75, 3.05) is 78.9 Å². The highest BCUT2D eigenvalue weighted by Crippen LogP contribution is 2.59. The fourth-order valence-electron chi connectivity index (χ4n) is 15.5. The van der Waals surface area contributed by atoms with Gasteiger partial charge in [0.15, 0.2) is 34.5 Å². The standard InChI is InChI=1S/C90H85F6N3O13PS3/c1-52-40-58(94)41-53(2)79(52)82(100)88-85(107-64-16-10-61(11-17-64)104-70-28-37-97(49-70)34-7-31-91)73-25-22-67(46-76(73)114-88)110-113(103,111-68-23-26-74-77(47-68)115-89(83(101)80-54(3)42-59(95)43-55(80)4)86(74)108-65-18-12-62(13-19-65)105-71-29-38-98(50-71)35-8-32-92)112-69-24-27-75-78(48-69)116-90(84(102)81-56(5)44-60(96)45-57(81)6)87(75)109-66-20-14-63(15-21-66)106-72-30-39-99(51-72)36-9-33-93/h10-27,40-48,70-72,103H,7-9,28-39,49-51H2,1-6H3/q+1/t70-,71-,72-/m0/s1. The van der Waals surface area contributed by atoms with E-state index >= 15 is 14.4 Å². The molecule has 16 nitrogen and oxygen atoms in total. The Bertz CT molecular complexity index is 5040. The Morgan fingerprint density at radius 3 is 0.862 bits per heavy atom. The molecular weight excluding hydrogens is 1570 g/mol. The number of carbonyl (C=O) groups is 3. The molecule has 3 aliphatic heterocycles. The molecule has 602 valence electrons. The summed E-state index contributed by atoms with van der Waals surface area (Å²) >= 11 is 3.24. The Kier molecular flexibility index (Phi) is 24.7. The fraction of sp³-hybridized carbons (Fsp3) is 0.300. The number of likely N-dealkylation sites (tertiary alicyclic amines) is 3. The highest BCUT2D eigenvalue weighted by atomic mass is 32.1. The molecule has 3 fully saturated rings. The lowest BCUT2D eigenvalue weighted by molar-refractivity contribution is 0.103. The largest absolute Gasteiger partial charge is 0.714 e. The predicted molar refractivity (Wildman–Crippen MR) is 442 cm³/mol. The lowest BCUT2D eigenvalue weighted by Crippen LogP contribution is -2.26. The van der Waals surface area contributed by atoms with Gasteiger partial charge in [-0.05, 0) is 259 Å². The molecule has 0 saturated carbocycles. The number of fused-ring (bicyclic) bond motifs is 3. The van der Waals surface area contributed by atoms with Crippen molar-refractivity contribution >= 4 is 89.8 Å². The summed E-state index contributed by atoms with van der Waals surface area (Å²) < 4.78 is 144. The summed E-state index contributed by atoms with van der Waals surface area (Å²) in [6, 6.07) is 43.3. The van der Waals surface area contributed by atoms with Crippen molar-refractivity contribution in [2.24, 2.45) is 0 Å². The first kappa shape index (κ1) is 81.1. The summed E-state index contributed by atoms with van der Waals surface area (Å²) in [5.74, 6) is 0.661. The smallest absolute Gasteiger partial charge is 0.489 e. The molecule has 0 aliphatic carbocycles. The van der Waals surface area contributed by atoms with Crippen LogP contribution in [-0.4, -0.2) is 134 Å². The molecule has 0 radical (unpaired) electrons. The van der Waals surface area contributed by atoms with Gasteiger partial charge in [0, 0.05) is 124 Å². The van der Waals surface area contributed by atoms with Gasteiger partial charge in [-0.25, -0.2) is 26.7 Å². The monoisotopic (exact) mass is 1660 g/mol. The number of ether oxygens (including phenoxy) is 6. The van der Waals surface area contributed by atoms with Crippen LogP contribution in [0.25, 0.3) is 30.3 Å². The zero-order chi connectivity index (χ0) is 81.1. The van der Waals surface area contributed by atoms with Crippen molar-refractivity contribution in [1.29, 1.82) is 0 Å². The van der Waals surface area contributed by atoms with Gasteiger partial charge in [-0.15, -0.1) is 38.9 Å². The average molecular weight is 1660 g/mol. The predicted octanol–water partition coefficient (Wildman–Crippen LogP) is 22.3. The van der Waals surface area contributed by atoms with Gasteiger partial charge in [-0.2, -0.15) is 0 Å². The number of nitrogens with zero attached hydrogens (tertiary/aromatic N) is 3. The number of halogens is 6. The average Bonchev–Trinajstić information content (AvgIpc) is 1.62. The van der Waals surface area contributed by atoms with E-state index < -0.39 is 43.0 Å². The van der Waals surface area contributed by atoms with Crippen LogP contribution in [0.15, 0.2) is 164 Å². The summed E-state index contributed by atoms with van der Waals surface area (Å²) in [4.78, 5) is 65.8. The van der Waals surface area contributed by atoms with Crippen LogP contribution in [0.2, 0.25) is 0 Å². The molecule has 0 bridgehead atoms. The third-order valence-corrected chi connectivity index (χ3v) is 25.6. The van der Waals surface area contributed by atoms with Gasteiger partial charge < -0.3 is 28.4 Å². The molecule has 0 spiro atoms. The lowest BCUT2D eigenvalue weighted by Gasteiger charge is -2.17. The first-order valence-corrected chi connectivity index (χ1v) is 42.5. The van der Waals surface area contributed by atoms with Crippen LogP contribution in [0.5, 0.6) is 69.0 Å². The molecule has 6 heterocycles. The number of thiophene rings is 3. The van der Waals surface area contributed by atoms with Gasteiger partial charge in [0.25, 0.3) is 0 Å². The van der Waals surface area contributed by atoms with Gasteiger partial charge in [0.1, 0.15) is 84.9 Å². The van der Waals surface area contributed by atoms with E-state index in [1.165, 1.54) is 36.4 Å². The van der Waals surface area contributed by atoms with Crippen LogP contribution < -0.4 is 42.0 Å². The molecule has 3 aliphatic rings. The molecule has 12 aromatic rings. The molecule has 3 aromatic heterocycles. The number of ketones is 3. The summed E-state index contributed by atoms with van der Waals surface area (Å²) in [6.45, 7) is 15.1. The molecule has 0 unspecified atom stereocenters. The normalized spacial score (nSPS) is 16.1. The number of aryl methyl sites for hydroxylation is 6. The Labute approximate surface area is 680 Å². The number of hydrogen-bond acceptors (Lipinski definition) is 19. The minimum Gasteiger partial charge on any atom is -0.489 e. The van der Waals surface area contributed by atoms with E-state index in [-0.39, 0.29) is 104 Å². The second kappa shape index (κ2) is 35.4. The maximum atomic E-state index is 15.1. The third-order valence-electron chi connectivity index (χ3n) is 20.9. The zero-order valence-electron chi connectivity index (χ0n) is 64.7. The van der Waals surface area contributed by atoms with Crippen molar-refractivity contribution in [3.05, 3.63) is 246 Å². The van der Waals surface area contributed by atoms with E-state index in [9.17, 15) is 31.2 Å². The minimum absolute atomic E-state index is 0.00741. The molecule has 3 atom stereocenters. The molecule has 26 heteroatoms. The second-order valence-corrected chi connectivity index (χ2v) is 34.2. The SMILES string of the molecule is Cc1cc(F)cc(C)c1C(=O)c1sc2cc(O[P+](O)(Oc3ccc4c(Oc5ccc(O[C@H]6CCN(CCCF)C6)cc5)c(C(=O)c5c(C)cc(F)cc5C)sc4c3)Oc3ccc4c(Oc5ccc(O[C@H]6CCN(CCCF)C6)cc5)c(C(=O)c5c(C)cc(F)cc5C)sc4c3)ccc2c1Oc1ccc(O[C@H]2CCN(CCCF)C2)cc1. The van der Waals surface area contributed by atoms with Crippen molar-refractivity contribution in [3.63, 3.8) is 0 Å². The summed E-state index contributed by atoms with van der Waals surface area (Å²) in [5.41, 5.74) is 3.27. The Morgan fingerprint density at radius 2 is 0.612 bits per heavy atom. The number of alkyl halides is 3. The van der Waals surface area contributed by atoms with Crippen LogP contribution in [0.4, 0.5) is 26.3 Å². The Balaban J connectivity index is 0.798. The van der Waals surface area contributed by atoms with Crippen LogP contribution in [0.1, 0.15) is 118 Å². The lowest BCUT2D eigenvalue weighted by atomic mass is 9.97. The Morgan fingerprint density at radius 1 is 0.371 bits per heavy atom. The molecule has 9 aromatic carbocycles. The molecule has 1 N–H and O–H groups in total. The van der Waals surface area contributed by atoms with E-state index in [2.05, 4.69) is 14.7 Å². The highest BCUT2D eigenvalue weighted by molar-refractivity contribution is 7.56. The maximum absolute atomic E-state index is 15.1. The molecule has 116 heavy (non-hydrogen) atoms. The maximum Gasteiger partial charge on any atom is 0.714 e. The highest BCUT2D eigenvalue weighted by Gasteiger charge is 2.51. The van der Waals surface area contributed by atoms with Crippen LogP contribution in [0, 0.1) is 59.0 Å². The summed E-state index contributed by atoms with van der Waals surface area (Å²) in [6.07, 6.45) is 3.42. The summed E-state index contributed by atoms with van der Waals surface area (Å²) in [7, 11) is -4.85. The van der Waals surface area contributed by atoms with E-state index in [1.807, 2.05) is 0 Å². The summed E-state index contributed by atoms with van der Waals surface area (Å²) in [5, 5.41) is 1.42. The third kappa shape index (κ3) is 18.4. The van der Waals surface area contributed by atoms with Crippen LogP contribution in [0.3, 0.4) is 0 Å². The number of benzene rings is 9. The van der Waals surface area contributed by atoms with Crippen LogP contribution in [-0.2, 0) is 0 Å². The van der Waals surface area contributed by atoms with E-state index in [1.54, 1.807) is 169 Å². The van der Waals surface area contributed by atoms with E-state index in [4.69, 9.17) is 42.0 Å². The number of hydrogen-bond donors (Lipinski definition) is 1. The van der Waals surface area contributed by atoms with Gasteiger partial charge in [-0.1, -0.05) is 0 Å². The first-order chi connectivity index (χ1) is 56.0. The molecule has 15 rings (SSSR count). The number of rotatable bonds is 33. The second-order valence-electron chi connectivity index (χ2n) is 29.6. The van der Waals surface area contributed by atoms with Gasteiger partial charge in [0.05, 0.1) is 20.0 Å². The Hall–Kier alpha value is -10.1. The van der Waals surface area contributed by atoms with Gasteiger partial charge in [-0.3, -0.25) is 42.3 Å². The van der Waals surface area contributed by atoms with Gasteiger partial charge in [0.2, 0.25) is 17.3 Å². The van der Waals surface area contributed by atoms with Crippen LogP contribution >= 0.6 is 42.2 Å². The van der Waals surface area contributed by atoms with Crippen molar-refractivity contribution in [1.82, 2.24) is 14.7 Å². The quantitative estimate of drug-likeness (QED) is 0.0234. The van der Waals surface area contributed by atoms with Crippen molar-refractivity contribution < 1.29 is 87.6 Å². The zero-order valence-corrected chi connectivity index (χ0v) is 68.0. The van der Waals surface area contributed by atoms with Gasteiger partial charge >= 0.3 is 8.17 Å². The first-order valence-electron chi connectivity index (χ1n) is 38.5. The molecular formula is C90H85F6N3O13PS3+. The topological polar surface area (TPSA) is 164 Å². The molecule has 0 amide bonds. The number of carbonyl (C=O) groups excluding carboxylic acids is 3. The van der Waals surface area contributed by atoms with E-state index in [0.29, 0.717) is 157 Å².